The molecule has 0 saturated heterocycles. The van der Waals surface area contributed by atoms with Gasteiger partial charge in [-0.3, -0.25) is 9.59 Å². The Morgan fingerprint density at radius 1 is 1.38 bits per heavy atom. The lowest BCUT2D eigenvalue weighted by Crippen LogP contribution is -2.39. The van der Waals surface area contributed by atoms with Crippen molar-refractivity contribution in [2.45, 2.75) is 25.3 Å². The smallest absolute Gasteiger partial charge is 0.268 e. The van der Waals surface area contributed by atoms with Crippen LogP contribution in [-0.2, 0) is 9.59 Å². The number of hydrazone groups is 1. The van der Waals surface area contributed by atoms with Crippen LogP contribution in [0.5, 0.6) is 0 Å². The number of amides is 2. The Morgan fingerprint density at radius 2 is 2.21 bits per heavy atom. The molecule has 0 aliphatic carbocycles. The zero-order valence-electron chi connectivity index (χ0n) is 13.3. The Morgan fingerprint density at radius 3 is 2.92 bits per heavy atom. The molecule has 0 saturated carbocycles. The van der Waals surface area contributed by atoms with Crippen molar-refractivity contribution in [3.05, 3.63) is 30.1 Å². The average Bonchev–Trinajstić information content (AvgIpc) is 3.03. The highest BCUT2D eigenvalue weighted by molar-refractivity contribution is 7.98. The molecule has 0 spiro atoms. The third kappa shape index (κ3) is 3.76. The second kappa shape index (κ2) is 7.48. The van der Waals surface area contributed by atoms with Crippen molar-refractivity contribution in [3.8, 4) is 0 Å². The van der Waals surface area contributed by atoms with E-state index in [1.54, 1.807) is 11.8 Å². The second-order valence-electron chi connectivity index (χ2n) is 5.54. The van der Waals surface area contributed by atoms with Crippen molar-refractivity contribution in [1.82, 2.24) is 20.7 Å². The van der Waals surface area contributed by atoms with Crippen molar-refractivity contribution >= 4 is 40.3 Å². The summed E-state index contributed by atoms with van der Waals surface area (Å²) in [6, 6.07) is 7.54. The number of nitrogens with one attached hydrogen (secondary N) is 3. The van der Waals surface area contributed by atoms with E-state index in [4.69, 9.17) is 0 Å². The molecule has 0 radical (unpaired) electrons. The molecule has 1 aliphatic heterocycles. The van der Waals surface area contributed by atoms with Gasteiger partial charge in [-0.25, -0.2) is 10.4 Å². The molecule has 0 unspecified atom stereocenters. The van der Waals surface area contributed by atoms with Crippen LogP contribution >= 0.6 is 11.8 Å². The van der Waals surface area contributed by atoms with Gasteiger partial charge < -0.3 is 10.3 Å². The minimum absolute atomic E-state index is 0.164. The summed E-state index contributed by atoms with van der Waals surface area (Å²) in [6.07, 6.45) is 3.42. The Kier molecular flexibility index (Phi) is 5.14. The lowest BCUT2D eigenvalue weighted by atomic mass is 10.1. The third-order valence-corrected chi connectivity index (χ3v) is 4.46. The van der Waals surface area contributed by atoms with E-state index < -0.39 is 0 Å². The number of hydrogen-bond acceptors (Lipinski definition) is 5. The molecular formula is C16H19N5O2S. The minimum atomic E-state index is -0.262. The molecule has 0 bridgehead atoms. The van der Waals surface area contributed by atoms with E-state index in [-0.39, 0.29) is 24.3 Å². The number of carbonyl (C=O) groups is 2. The number of aromatic nitrogens is 2. The number of nitrogens with zero attached hydrogens (tertiary/aromatic N) is 2. The second-order valence-corrected chi connectivity index (χ2v) is 6.53. The van der Waals surface area contributed by atoms with Gasteiger partial charge >= 0.3 is 0 Å². The van der Waals surface area contributed by atoms with Gasteiger partial charge in [-0.15, -0.1) is 0 Å². The molecule has 2 aromatic rings. The van der Waals surface area contributed by atoms with Crippen molar-refractivity contribution in [3.63, 3.8) is 0 Å². The fourth-order valence-electron chi connectivity index (χ4n) is 2.53. The molecule has 0 fully saturated rings. The zero-order chi connectivity index (χ0) is 16.9. The van der Waals surface area contributed by atoms with Gasteiger partial charge in [-0.2, -0.15) is 16.9 Å². The highest BCUT2D eigenvalue weighted by atomic mass is 32.2. The van der Waals surface area contributed by atoms with Gasteiger partial charge in [-0.1, -0.05) is 12.1 Å². The number of aromatic amines is 1. The Bertz CT molecular complexity index is 753. The molecule has 1 aliphatic rings. The van der Waals surface area contributed by atoms with E-state index >= 15 is 0 Å². The summed E-state index contributed by atoms with van der Waals surface area (Å²) in [4.78, 5) is 31.4. The summed E-state index contributed by atoms with van der Waals surface area (Å²) < 4.78 is 0. The SMILES string of the molecule is CSCC[C@H](NC(=O)C1=NNC(=O)CC1)c1nc2ccccc2[nH]1. The molecule has 7 nitrogen and oxygen atoms in total. The number of thioether (sulfide) groups is 1. The maximum Gasteiger partial charge on any atom is 0.268 e. The summed E-state index contributed by atoms with van der Waals surface area (Å²) in [6.45, 7) is 0. The van der Waals surface area contributed by atoms with Crippen molar-refractivity contribution < 1.29 is 9.59 Å². The Labute approximate surface area is 143 Å². The fourth-order valence-corrected chi connectivity index (χ4v) is 3.00. The molecule has 1 aromatic carbocycles. The first-order valence-electron chi connectivity index (χ1n) is 7.77. The van der Waals surface area contributed by atoms with E-state index in [2.05, 4.69) is 25.8 Å². The van der Waals surface area contributed by atoms with Crippen LogP contribution in [0.1, 0.15) is 31.1 Å². The van der Waals surface area contributed by atoms with Gasteiger partial charge in [0.25, 0.3) is 5.91 Å². The lowest BCUT2D eigenvalue weighted by Gasteiger charge is -2.18. The van der Waals surface area contributed by atoms with Gasteiger partial charge in [0, 0.05) is 12.8 Å². The quantitative estimate of drug-likeness (QED) is 0.742. The largest absolute Gasteiger partial charge is 0.341 e. The summed E-state index contributed by atoms with van der Waals surface area (Å²) >= 11 is 1.71. The number of rotatable bonds is 6. The molecule has 126 valence electrons. The maximum absolute atomic E-state index is 12.4. The van der Waals surface area contributed by atoms with Crippen LogP contribution in [0, 0.1) is 0 Å². The van der Waals surface area contributed by atoms with Crippen molar-refractivity contribution in [2.24, 2.45) is 5.10 Å². The monoisotopic (exact) mass is 345 g/mol. The van der Waals surface area contributed by atoms with E-state index in [1.165, 1.54) is 0 Å². The van der Waals surface area contributed by atoms with Crippen LogP contribution in [0.3, 0.4) is 0 Å². The lowest BCUT2D eigenvalue weighted by molar-refractivity contribution is -0.121. The fraction of sp³-hybridized carbons (Fsp3) is 0.375. The number of para-hydroxylation sites is 2. The summed E-state index contributed by atoms with van der Waals surface area (Å²) in [5.74, 6) is 1.20. The van der Waals surface area contributed by atoms with Crippen LogP contribution in [-0.4, -0.2) is 39.5 Å². The molecular weight excluding hydrogens is 326 g/mol. The number of hydrogen-bond donors (Lipinski definition) is 3. The predicted molar refractivity (Wildman–Crippen MR) is 94.8 cm³/mol. The van der Waals surface area contributed by atoms with Crippen LogP contribution < -0.4 is 10.7 Å². The number of H-pyrrole nitrogens is 1. The first kappa shape index (κ1) is 16.5. The number of benzene rings is 1. The minimum Gasteiger partial charge on any atom is -0.341 e. The standard InChI is InChI=1S/C16H19N5O2S/c1-24-9-8-12(15-17-10-4-2-3-5-11(10)18-15)19-16(23)13-6-7-14(22)21-20-13/h2-5,12H,6-9H2,1H3,(H,17,18)(H,19,23)(H,21,22)/t12-/m0/s1. The van der Waals surface area contributed by atoms with Gasteiger partial charge in [-0.05, 0) is 30.6 Å². The van der Waals surface area contributed by atoms with E-state index in [0.29, 0.717) is 12.1 Å². The number of imidazole rings is 1. The average molecular weight is 345 g/mol. The molecule has 1 atom stereocenters. The summed E-state index contributed by atoms with van der Waals surface area (Å²) in [5, 5.41) is 6.83. The van der Waals surface area contributed by atoms with E-state index in [1.807, 2.05) is 30.5 Å². The van der Waals surface area contributed by atoms with E-state index in [9.17, 15) is 9.59 Å². The molecule has 2 heterocycles. The molecule has 1 aromatic heterocycles. The number of fused-ring (bicyclic) bond motifs is 1. The highest BCUT2D eigenvalue weighted by Crippen LogP contribution is 2.20. The predicted octanol–water partition coefficient (Wildman–Crippen LogP) is 1.74. The molecule has 24 heavy (non-hydrogen) atoms. The normalized spacial score (nSPS) is 15.7. The van der Waals surface area contributed by atoms with Crippen LogP contribution in [0.15, 0.2) is 29.4 Å². The Hall–Kier alpha value is -2.35. The summed E-state index contributed by atoms with van der Waals surface area (Å²) in [7, 11) is 0. The first-order chi connectivity index (χ1) is 11.7. The molecule has 8 heteroatoms. The van der Waals surface area contributed by atoms with Gasteiger partial charge in [0.15, 0.2) is 0 Å². The summed E-state index contributed by atoms with van der Waals surface area (Å²) in [5.41, 5.74) is 4.51. The number of carbonyl (C=O) groups excluding carboxylic acids is 2. The van der Waals surface area contributed by atoms with Crippen LogP contribution in [0.25, 0.3) is 11.0 Å². The molecule has 2 amide bonds. The van der Waals surface area contributed by atoms with Crippen molar-refractivity contribution in [2.75, 3.05) is 12.0 Å². The topological polar surface area (TPSA) is 99.2 Å². The zero-order valence-corrected chi connectivity index (χ0v) is 14.2. The van der Waals surface area contributed by atoms with Gasteiger partial charge in [0.05, 0.1) is 17.1 Å². The molecule has 3 rings (SSSR count). The van der Waals surface area contributed by atoms with E-state index in [0.717, 1.165) is 29.0 Å². The maximum atomic E-state index is 12.4. The molecule has 3 N–H and O–H groups in total. The van der Waals surface area contributed by atoms with Crippen LogP contribution in [0.4, 0.5) is 0 Å². The van der Waals surface area contributed by atoms with Crippen molar-refractivity contribution in [1.29, 1.82) is 0 Å². The van der Waals surface area contributed by atoms with Gasteiger partial charge in [0.2, 0.25) is 5.91 Å². The van der Waals surface area contributed by atoms with Gasteiger partial charge in [0.1, 0.15) is 11.5 Å². The first-order valence-corrected chi connectivity index (χ1v) is 9.16. The van der Waals surface area contributed by atoms with Crippen LogP contribution in [0.2, 0.25) is 0 Å². The highest BCUT2D eigenvalue weighted by Gasteiger charge is 2.23. The Balaban J connectivity index is 1.78. The third-order valence-electron chi connectivity index (χ3n) is 3.82.